The summed E-state index contributed by atoms with van der Waals surface area (Å²) in [4.78, 5) is 26.8. The molecule has 23 heavy (non-hydrogen) atoms. The maximum Gasteiger partial charge on any atom is 0.287 e. The summed E-state index contributed by atoms with van der Waals surface area (Å²) < 4.78 is 7.45. The average molecular weight is 334 g/mol. The lowest BCUT2D eigenvalue weighted by molar-refractivity contribution is -0.136. The Morgan fingerprint density at radius 2 is 2.13 bits per heavy atom. The Labute approximate surface area is 136 Å². The van der Waals surface area contributed by atoms with Crippen LogP contribution in [0.1, 0.15) is 25.3 Å². The lowest BCUT2D eigenvalue weighted by Crippen LogP contribution is -2.44. The molecule has 0 bridgehead atoms. The second-order valence-corrected chi connectivity index (χ2v) is 7.01. The second kappa shape index (κ2) is 6.01. The zero-order valence-electron chi connectivity index (χ0n) is 12.7. The quantitative estimate of drug-likeness (QED) is 0.820. The standard InChI is InChI=1S/C15H18N4O3S/c20-14(10-3-7-22-9-10)18-5-1-11(2-6-18)19-15(21)13-12(16-17-19)4-8-23-13/h4,8,10-11H,1-3,5-7,9H2. The molecule has 1 atom stereocenters. The number of nitrogens with zero attached hydrogens (tertiary/aromatic N) is 4. The van der Waals surface area contributed by atoms with Crippen molar-refractivity contribution in [3.05, 3.63) is 21.8 Å². The number of hydrogen-bond acceptors (Lipinski definition) is 6. The van der Waals surface area contributed by atoms with Gasteiger partial charge in [-0.05, 0) is 30.7 Å². The van der Waals surface area contributed by atoms with Gasteiger partial charge < -0.3 is 9.64 Å². The fraction of sp³-hybridized carbons (Fsp3) is 0.600. The van der Waals surface area contributed by atoms with Gasteiger partial charge in [0.15, 0.2) is 0 Å². The van der Waals surface area contributed by atoms with E-state index in [-0.39, 0.29) is 23.4 Å². The number of carbonyl (C=O) groups is 1. The fourth-order valence-electron chi connectivity index (χ4n) is 3.34. The number of ether oxygens (including phenoxy) is 1. The van der Waals surface area contributed by atoms with Gasteiger partial charge in [-0.25, -0.2) is 4.68 Å². The van der Waals surface area contributed by atoms with Crippen LogP contribution >= 0.6 is 11.3 Å². The van der Waals surface area contributed by atoms with E-state index in [1.165, 1.54) is 16.0 Å². The molecule has 0 aliphatic carbocycles. The van der Waals surface area contributed by atoms with Crippen LogP contribution in [0.2, 0.25) is 0 Å². The largest absolute Gasteiger partial charge is 0.381 e. The number of likely N-dealkylation sites (tertiary alicyclic amines) is 1. The highest BCUT2D eigenvalue weighted by molar-refractivity contribution is 7.17. The second-order valence-electron chi connectivity index (χ2n) is 6.09. The molecule has 0 spiro atoms. The number of piperidine rings is 1. The molecular formula is C15H18N4O3S. The predicted octanol–water partition coefficient (Wildman–Crippen LogP) is 1.05. The van der Waals surface area contributed by atoms with E-state index < -0.39 is 0 Å². The third-order valence-electron chi connectivity index (χ3n) is 4.70. The summed E-state index contributed by atoms with van der Waals surface area (Å²) in [6.07, 6.45) is 2.30. The monoisotopic (exact) mass is 334 g/mol. The first-order chi connectivity index (χ1) is 11.2. The fourth-order valence-corrected chi connectivity index (χ4v) is 4.10. The van der Waals surface area contributed by atoms with Crippen LogP contribution in [0.3, 0.4) is 0 Å². The molecule has 8 heteroatoms. The van der Waals surface area contributed by atoms with E-state index in [1.807, 2.05) is 16.3 Å². The smallest absolute Gasteiger partial charge is 0.287 e. The van der Waals surface area contributed by atoms with Crippen LogP contribution in [-0.2, 0) is 9.53 Å². The Kier molecular flexibility index (Phi) is 3.86. The van der Waals surface area contributed by atoms with Gasteiger partial charge in [-0.15, -0.1) is 16.4 Å². The summed E-state index contributed by atoms with van der Waals surface area (Å²) in [7, 11) is 0. The normalized spacial score (nSPS) is 22.8. The van der Waals surface area contributed by atoms with E-state index in [9.17, 15) is 9.59 Å². The van der Waals surface area contributed by atoms with Crippen molar-refractivity contribution in [2.45, 2.75) is 25.3 Å². The van der Waals surface area contributed by atoms with Gasteiger partial charge in [0.1, 0.15) is 10.2 Å². The van der Waals surface area contributed by atoms with E-state index in [1.54, 1.807) is 0 Å². The maximum atomic E-state index is 12.5. The van der Waals surface area contributed by atoms with Gasteiger partial charge in [0.2, 0.25) is 5.91 Å². The zero-order chi connectivity index (χ0) is 15.8. The minimum atomic E-state index is -0.0704. The lowest BCUT2D eigenvalue weighted by Gasteiger charge is -2.33. The lowest BCUT2D eigenvalue weighted by atomic mass is 10.0. The van der Waals surface area contributed by atoms with Crippen molar-refractivity contribution in [1.82, 2.24) is 19.9 Å². The summed E-state index contributed by atoms with van der Waals surface area (Å²) in [6.45, 7) is 2.55. The molecule has 4 rings (SSSR count). The third kappa shape index (κ3) is 2.66. The number of rotatable bonds is 2. The van der Waals surface area contributed by atoms with E-state index >= 15 is 0 Å². The number of hydrogen-bond donors (Lipinski definition) is 0. The summed E-state index contributed by atoms with van der Waals surface area (Å²) in [6, 6.07) is 1.83. The Hall–Kier alpha value is -1.80. The Morgan fingerprint density at radius 1 is 1.30 bits per heavy atom. The minimum absolute atomic E-state index is 0.0107. The maximum absolute atomic E-state index is 12.5. The molecule has 122 valence electrons. The van der Waals surface area contributed by atoms with Crippen molar-refractivity contribution in [3.8, 4) is 0 Å². The molecular weight excluding hydrogens is 316 g/mol. The molecule has 1 amide bonds. The Morgan fingerprint density at radius 3 is 2.87 bits per heavy atom. The zero-order valence-corrected chi connectivity index (χ0v) is 13.5. The van der Waals surface area contributed by atoms with E-state index in [4.69, 9.17) is 4.74 Å². The van der Waals surface area contributed by atoms with Crippen molar-refractivity contribution < 1.29 is 9.53 Å². The molecule has 0 aromatic carbocycles. The van der Waals surface area contributed by atoms with Crippen LogP contribution in [0, 0.1) is 5.92 Å². The summed E-state index contributed by atoms with van der Waals surface area (Å²) in [5, 5.41) is 10.1. The molecule has 2 aromatic heterocycles. The molecule has 0 radical (unpaired) electrons. The predicted molar refractivity (Wildman–Crippen MR) is 85.5 cm³/mol. The molecule has 4 heterocycles. The van der Waals surface area contributed by atoms with Crippen LogP contribution < -0.4 is 5.56 Å². The van der Waals surface area contributed by atoms with Gasteiger partial charge in [0.25, 0.3) is 5.56 Å². The highest BCUT2D eigenvalue weighted by Crippen LogP contribution is 2.24. The first kappa shape index (κ1) is 14.8. The topological polar surface area (TPSA) is 77.3 Å². The summed E-state index contributed by atoms with van der Waals surface area (Å²) in [5.74, 6) is 0.199. The molecule has 0 N–H and O–H groups in total. The highest BCUT2D eigenvalue weighted by Gasteiger charge is 2.31. The average Bonchev–Trinajstić information content (AvgIpc) is 3.27. The van der Waals surface area contributed by atoms with Crippen LogP contribution in [0.25, 0.3) is 10.2 Å². The molecule has 0 saturated carbocycles. The molecule has 2 saturated heterocycles. The van der Waals surface area contributed by atoms with Gasteiger partial charge in [0.05, 0.1) is 18.6 Å². The van der Waals surface area contributed by atoms with Crippen LogP contribution in [-0.4, -0.2) is 52.1 Å². The molecule has 2 fully saturated rings. The van der Waals surface area contributed by atoms with Crippen molar-refractivity contribution >= 4 is 27.5 Å². The van der Waals surface area contributed by atoms with Crippen molar-refractivity contribution in [2.24, 2.45) is 5.92 Å². The summed E-state index contributed by atoms with van der Waals surface area (Å²) >= 11 is 1.40. The van der Waals surface area contributed by atoms with E-state index in [2.05, 4.69) is 10.3 Å². The summed E-state index contributed by atoms with van der Waals surface area (Å²) in [5.41, 5.74) is 0.587. The third-order valence-corrected chi connectivity index (χ3v) is 5.59. The van der Waals surface area contributed by atoms with Crippen molar-refractivity contribution in [1.29, 1.82) is 0 Å². The van der Waals surface area contributed by atoms with Gasteiger partial charge >= 0.3 is 0 Å². The molecule has 2 aliphatic rings. The Balaban J connectivity index is 1.47. The van der Waals surface area contributed by atoms with Gasteiger partial charge in [-0.2, -0.15) is 0 Å². The number of aromatic nitrogens is 3. The van der Waals surface area contributed by atoms with Gasteiger partial charge in [-0.3, -0.25) is 9.59 Å². The van der Waals surface area contributed by atoms with Crippen LogP contribution in [0.15, 0.2) is 16.2 Å². The van der Waals surface area contributed by atoms with Gasteiger partial charge in [-0.1, -0.05) is 5.21 Å². The van der Waals surface area contributed by atoms with Crippen molar-refractivity contribution in [2.75, 3.05) is 26.3 Å². The number of amides is 1. The van der Waals surface area contributed by atoms with Crippen molar-refractivity contribution in [3.63, 3.8) is 0 Å². The SMILES string of the molecule is O=C(C1CCOC1)N1CCC(n2nnc3ccsc3c2=O)CC1. The highest BCUT2D eigenvalue weighted by atomic mass is 32.1. The first-order valence-corrected chi connectivity index (χ1v) is 8.81. The van der Waals surface area contributed by atoms with E-state index in [0.717, 1.165) is 19.3 Å². The molecule has 1 unspecified atom stereocenters. The van der Waals surface area contributed by atoms with Crippen LogP contribution in [0.4, 0.5) is 0 Å². The first-order valence-electron chi connectivity index (χ1n) is 7.93. The number of thiophene rings is 1. The molecule has 2 aliphatic heterocycles. The van der Waals surface area contributed by atoms with Crippen LogP contribution in [0.5, 0.6) is 0 Å². The number of carbonyl (C=O) groups excluding carboxylic acids is 1. The minimum Gasteiger partial charge on any atom is -0.381 e. The number of fused-ring (bicyclic) bond motifs is 1. The van der Waals surface area contributed by atoms with E-state index in [0.29, 0.717) is 36.5 Å². The molecule has 2 aromatic rings. The molecule has 7 nitrogen and oxygen atoms in total. The Bertz CT molecular complexity index is 772. The van der Waals surface area contributed by atoms with Gasteiger partial charge in [0, 0.05) is 19.7 Å².